The van der Waals surface area contributed by atoms with E-state index >= 15 is 0 Å². The first-order valence-corrected chi connectivity index (χ1v) is 8.40. The largest absolute Gasteiger partial charge is 0.454 e. The molecule has 0 radical (unpaired) electrons. The van der Waals surface area contributed by atoms with Crippen LogP contribution < -0.4 is 14.8 Å². The van der Waals surface area contributed by atoms with Gasteiger partial charge in [0.15, 0.2) is 17.3 Å². The highest BCUT2D eigenvalue weighted by atomic mass is 16.7. The highest BCUT2D eigenvalue weighted by Gasteiger charge is 2.19. The Hall–Kier alpha value is -2.67. The van der Waals surface area contributed by atoms with Crippen LogP contribution >= 0.6 is 0 Å². The zero-order chi connectivity index (χ0) is 17.1. The third-order valence-electron chi connectivity index (χ3n) is 4.28. The lowest BCUT2D eigenvalue weighted by molar-refractivity contribution is 0.00940. The maximum atomic E-state index is 12.3. The Bertz CT molecular complexity index is 757. The molecule has 1 saturated heterocycles. The predicted molar refractivity (Wildman–Crippen MR) is 88.3 cm³/mol. The molecule has 2 aromatic rings. The van der Waals surface area contributed by atoms with Crippen molar-refractivity contribution >= 4 is 5.91 Å². The summed E-state index contributed by atoms with van der Waals surface area (Å²) < 4.78 is 16.2. The van der Waals surface area contributed by atoms with Gasteiger partial charge in [-0.25, -0.2) is 9.97 Å². The lowest BCUT2D eigenvalue weighted by Crippen LogP contribution is -2.23. The number of nitrogens with one attached hydrogen (secondary N) is 1. The Morgan fingerprint density at radius 1 is 1.16 bits per heavy atom. The fourth-order valence-corrected chi connectivity index (χ4v) is 2.89. The number of benzene rings is 1. The van der Waals surface area contributed by atoms with Gasteiger partial charge in [-0.05, 0) is 37.5 Å². The van der Waals surface area contributed by atoms with E-state index in [0.717, 1.165) is 31.4 Å². The minimum absolute atomic E-state index is 0.00831. The third-order valence-corrected chi connectivity index (χ3v) is 4.28. The Kier molecular flexibility index (Phi) is 4.47. The third kappa shape index (κ3) is 3.56. The molecule has 1 amide bonds. The molecule has 7 heteroatoms. The summed E-state index contributed by atoms with van der Waals surface area (Å²) in [7, 11) is 0. The molecule has 130 valence electrons. The first-order chi connectivity index (χ1) is 12.3. The van der Waals surface area contributed by atoms with Crippen molar-refractivity contribution in [2.24, 2.45) is 0 Å². The minimum atomic E-state index is -0.182. The SMILES string of the molecule is O=C(NCc1cnc(C2CCCCO2)nc1)c1ccc2c(c1)OCO2. The zero-order valence-corrected chi connectivity index (χ0v) is 13.7. The summed E-state index contributed by atoms with van der Waals surface area (Å²) in [5.74, 6) is 1.78. The van der Waals surface area contributed by atoms with Crippen LogP contribution in [0.1, 0.15) is 47.1 Å². The molecular formula is C18H19N3O4. The smallest absolute Gasteiger partial charge is 0.251 e. The Morgan fingerprint density at radius 2 is 2.00 bits per heavy atom. The van der Waals surface area contributed by atoms with Gasteiger partial charge < -0.3 is 19.5 Å². The van der Waals surface area contributed by atoms with Crippen molar-refractivity contribution in [2.75, 3.05) is 13.4 Å². The van der Waals surface area contributed by atoms with Crippen molar-refractivity contribution < 1.29 is 19.0 Å². The summed E-state index contributed by atoms with van der Waals surface area (Å²) in [6, 6.07) is 5.12. The second kappa shape index (κ2) is 7.06. The normalized spacial score (nSPS) is 18.8. The molecule has 1 unspecified atom stereocenters. The lowest BCUT2D eigenvalue weighted by Gasteiger charge is -2.21. The lowest BCUT2D eigenvalue weighted by atomic mass is 10.1. The van der Waals surface area contributed by atoms with E-state index in [9.17, 15) is 4.79 Å². The van der Waals surface area contributed by atoms with Gasteiger partial charge in [0.1, 0.15) is 6.10 Å². The van der Waals surface area contributed by atoms with Gasteiger partial charge in [0.25, 0.3) is 5.91 Å². The van der Waals surface area contributed by atoms with Crippen molar-refractivity contribution in [1.29, 1.82) is 0 Å². The molecule has 0 aliphatic carbocycles. The summed E-state index contributed by atoms with van der Waals surface area (Å²) in [5.41, 5.74) is 1.37. The number of fused-ring (bicyclic) bond motifs is 1. The number of ether oxygens (including phenoxy) is 3. The zero-order valence-electron chi connectivity index (χ0n) is 13.7. The fourth-order valence-electron chi connectivity index (χ4n) is 2.89. The van der Waals surface area contributed by atoms with Gasteiger partial charge in [-0.15, -0.1) is 0 Å². The second-order valence-corrected chi connectivity index (χ2v) is 6.06. The maximum Gasteiger partial charge on any atom is 0.251 e. The van der Waals surface area contributed by atoms with Crippen LogP contribution in [0.25, 0.3) is 0 Å². The van der Waals surface area contributed by atoms with Crippen molar-refractivity contribution in [3.63, 3.8) is 0 Å². The van der Waals surface area contributed by atoms with E-state index in [1.54, 1.807) is 30.6 Å². The maximum absolute atomic E-state index is 12.3. The molecule has 2 aliphatic heterocycles. The van der Waals surface area contributed by atoms with Gasteiger partial charge in [-0.2, -0.15) is 0 Å². The van der Waals surface area contributed by atoms with Crippen molar-refractivity contribution in [2.45, 2.75) is 31.9 Å². The number of aromatic nitrogens is 2. The van der Waals surface area contributed by atoms with Crippen LogP contribution in [0.15, 0.2) is 30.6 Å². The van der Waals surface area contributed by atoms with Crippen molar-refractivity contribution in [1.82, 2.24) is 15.3 Å². The average molecular weight is 341 g/mol. The van der Waals surface area contributed by atoms with Crippen LogP contribution in [-0.4, -0.2) is 29.3 Å². The van der Waals surface area contributed by atoms with Crippen LogP contribution in [-0.2, 0) is 11.3 Å². The number of rotatable bonds is 4. The molecule has 0 bridgehead atoms. The van der Waals surface area contributed by atoms with E-state index in [0.29, 0.717) is 29.4 Å². The molecule has 1 aromatic carbocycles. The Morgan fingerprint density at radius 3 is 2.80 bits per heavy atom. The fraction of sp³-hybridized carbons (Fsp3) is 0.389. The summed E-state index contributed by atoms with van der Waals surface area (Å²) in [5, 5.41) is 2.86. The van der Waals surface area contributed by atoms with E-state index in [4.69, 9.17) is 14.2 Å². The summed E-state index contributed by atoms with van der Waals surface area (Å²) in [4.78, 5) is 21.0. The van der Waals surface area contributed by atoms with E-state index < -0.39 is 0 Å². The first-order valence-electron chi connectivity index (χ1n) is 8.40. The molecule has 25 heavy (non-hydrogen) atoms. The van der Waals surface area contributed by atoms with Gasteiger partial charge in [-0.1, -0.05) is 0 Å². The van der Waals surface area contributed by atoms with Crippen molar-refractivity contribution in [3.05, 3.63) is 47.5 Å². The molecule has 1 fully saturated rings. The highest BCUT2D eigenvalue weighted by Crippen LogP contribution is 2.32. The van der Waals surface area contributed by atoms with E-state index in [2.05, 4.69) is 15.3 Å². The average Bonchev–Trinajstić information content (AvgIpc) is 3.15. The van der Waals surface area contributed by atoms with E-state index in [1.165, 1.54) is 0 Å². The van der Waals surface area contributed by atoms with Crippen LogP contribution in [0.4, 0.5) is 0 Å². The van der Waals surface area contributed by atoms with Gasteiger partial charge in [0.05, 0.1) is 0 Å². The van der Waals surface area contributed by atoms with E-state index in [-0.39, 0.29) is 18.8 Å². The number of amides is 1. The second-order valence-electron chi connectivity index (χ2n) is 6.06. The van der Waals surface area contributed by atoms with Crippen LogP contribution in [0, 0.1) is 0 Å². The first kappa shape index (κ1) is 15.8. The number of hydrogen-bond acceptors (Lipinski definition) is 6. The molecular weight excluding hydrogens is 322 g/mol. The highest BCUT2D eigenvalue weighted by molar-refractivity contribution is 5.94. The molecule has 1 aromatic heterocycles. The van der Waals surface area contributed by atoms with Gasteiger partial charge in [-0.3, -0.25) is 4.79 Å². The molecule has 0 saturated carbocycles. The van der Waals surface area contributed by atoms with Gasteiger partial charge in [0, 0.05) is 36.7 Å². The van der Waals surface area contributed by atoms with Crippen LogP contribution in [0.3, 0.4) is 0 Å². The molecule has 1 atom stereocenters. The number of nitrogens with zero attached hydrogens (tertiary/aromatic N) is 2. The molecule has 2 aliphatic rings. The number of carbonyl (C=O) groups excluding carboxylic acids is 1. The Balaban J connectivity index is 1.35. The molecule has 7 nitrogen and oxygen atoms in total. The number of carbonyl (C=O) groups is 1. The van der Waals surface area contributed by atoms with Crippen LogP contribution in [0.5, 0.6) is 11.5 Å². The molecule has 0 spiro atoms. The molecule has 4 rings (SSSR count). The van der Waals surface area contributed by atoms with Crippen LogP contribution in [0.2, 0.25) is 0 Å². The quantitative estimate of drug-likeness (QED) is 0.919. The molecule has 1 N–H and O–H groups in total. The number of hydrogen-bond donors (Lipinski definition) is 1. The van der Waals surface area contributed by atoms with E-state index in [1.807, 2.05) is 0 Å². The minimum Gasteiger partial charge on any atom is -0.454 e. The summed E-state index contributed by atoms with van der Waals surface area (Å²) in [6.07, 6.45) is 6.66. The van der Waals surface area contributed by atoms with Gasteiger partial charge >= 0.3 is 0 Å². The standard InChI is InChI=1S/C18H19N3O4/c22-18(13-4-5-14-16(7-13)25-11-24-14)21-10-12-8-19-17(20-9-12)15-3-1-2-6-23-15/h4-5,7-9,15H,1-3,6,10-11H2,(H,21,22). The summed E-state index contributed by atoms with van der Waals surface area (Å²) >= 11 is 0. The Labute approximate surface area is 145 Å². The monoisotopic (exact) mass is 341 g/mol. The summed E-state index contributed by atoms with van der Waals surface area (Å²) in [6.45, 7) is 1.31. The topological polar surface area (TPSA) is 82.6 Å². The van der Waals surface area contributed by atoms with Crippen molar-refractivity contribution in [3.8, 4) is 11.5 Å². The predicted octanol–water partition coefficient (Wildman–Crippen LogP) is 2.38. The molecule has 3 heterocycles. The van der Waals surface area contributed by atoms with Gasteiger partial charge in [0.2, 0.25) is 6.79 Å².